The second kappa shape index (κ2) is 8.99. The van der Waals surface area contributed by atoms with Gasteiger partial charge < -0.3 is 19.8 Å². The fraction of sp³-hybridized carbons (Fsp3) is 0.480. The molecule has 180 valence electrons. The van der Waals surface area contributed by atoms with Crippen LogP contribution in [0.5, 0.6) is 5.75 Å². The number of hydrogen-bond acceptors (Lipinski definition) is 4. The van der Waals surface area contributed by atoms with Crippen LogP contribution in [0.25, 0.3) is 11.1 Å². The van der Waals surface area contributed by atoms with Crippen molar-refractivity contribution in [3.05, 3.63) is 47.0 Å². The average Bonchev–Trinajstić information content (AvgIpc) is 2.66. The molecule has 2 aromatic carbocycles. The van der Waals surface area contributed by atoms with Crippen LogP contribution in [0, 0.1) is 6.92 Å². The molecule has 1 amide bonds. The molecule has 0 bridgehead atoms. The number of alkyl halides is 3. The predicted molar refractivity (Wildman–Crippen MR) is 120 cm³/mol. The smallest absolute Gasteiger partial charge is 0.405 e. The lowest BCUT2D eigenvalue weighted by molar-refractivity contribution is -0.274. The summed E-state index contributed by atoms with van der Waals surface area (Å²) in [6.07, 6.45) is -6.02. The molecule has 0 saturated heterocycles. The van der Waals surface area contributed by atoms with E-state index in [1.807, 2.05) is 33.8 Å². The van der Waals surface area contributed by atoms with E-state index in [-0.39, 0.29) is 29.6 Å². The number of benzene rings is 2. The second-order valence-electron chi connectivity index (χ2n) is 9.30. The first-order valence-corrected chi connectivity index (χ1v) is 10.9. The number of nitrogens with zero attached hydrogens (tertiary/aromatic N) is 1. The molecule has 5 nitrogen and oxygen atoms in total. The largest absolute Gasteiger partial charge is 0.573 e. The van der Waals surface area contributed by atoms with Crippen LogP contribution < -0.4 is 9.64 Å². The Bertz CT molecular complexity index is 1050. The van der Waals surface area contributed by atoms with Crippen LogP contribution in [0.15, 0.2) is 30.3 Å². The molecule has 1 heterocycles. The first-order valence-electron chi connectivity index (χ1n) is 10.9. The highest BCUT2D eigenvalue weighted by Crippen LogP contribution is 2.45. The van der Waals surface area contributed by atoms with Crippen LogP contribution in [0.1, 0.15) is 63.1 Å². The van der Waals surface area contributed by atoms with Gasteiger partial charge in [-0.05, 0) is 60.2 Å². The van der Waals surface area contributed by atoms with Crippen LogP contribution in [0.4, 0.5) is 18.9 Å². The van der Waals surface area contributed by atoms with Crippen molar-refractivity contribution in [3.63, 3.8) is 0 Å². The zero-order chi connectivity index (χ0) is 24.7. The molecule has 0 saturated carbocycles. The fourth-order valence-corrected chi connectivity index (χ4v) is 4.53. The summed E-state index contributed by atoms with van der Waals surface area (Å²) in [5.74, 6) is -0.694. The van der Waals surface area contributed by atoms with Crippen molar-refractivity contribution in [1.29, 1.82) is 0 Å². The highest BCUT2D eigenvalue weighted by molar-refractivity contribution is 5.99. The zero-order valence-corrected chi connectivity index (χ0v) is 19.5. The average molecular weight is 466 g/mol. The molecule has 1 atom stereocenters. The van der Waals surface area contributed by atoms with E-state index in [1.54, 1.807) is 24.0 Å². The fourth-order valence-electron chi connectivity index (χ4n) is 4.53. The first-order chi connectivity index (χ1) is 15.2. The minimum Gasteiger partial charge on any atom is -0.405 e. The lowest BCUT2D eigenvalue weighted by Gasteiger charge is -2.39. The van der Waals surface area contributed by atoms with Gasteiger partial charge in [0.25, 0.3) is 0 Å². The minimum atomic E-state index is -4.88. The number of halogens is 3. The van der Waals surface area contributed by atoms with Crippen molar-refractivity contribution < 1.29 is 32.9 Å². The van der Waals surface area contributed by atoms with Gasteiger partial charge in [-0.25, -0.2) is 0 Å². The molecule has 3 rings (SSSR count). The van der Waals surface area contributed by atoms with Gasteiger partial charge in [0.15, 0.2) is 6.29 Å². The van der Waals surface area contributed by atoms with E-state index in [9.17, 15) is 28.2 Å². The van der Waals surface area contributed by atoms with E-state index in [1.165, 1.54) is 12.1 Å². The van der Waals surface area contributed by atoms with E-state index in [0.29, 0.717) is 29.8 Å². The minimum absolute atomic E-state index is 0.0316. The molecule has 0 aliphatic carbocycles. The summed E-state index contributed by atoms with van der Waals surface area (Å²) in [4.78, 5) is 14.4. The molecular formula is C25H30F3NO4. The molecule has 2 aromatic rings. The van der Waals surface area contributed by atoms with E-state index < -0.39 is 18.1 Å². The molecule has 1 aliphatic heterocycles. The summed E-state index contributed by atoms with van der Waals surface area (Å²) in [6.45, 7) is 9.86. The molecule has 33 heavy (non-hydrogen) atoms. The van der Waals surface area contributed by atoms with Crippen LogP contribution in [0.3, 0.4) is 0 Å². The molecule has 0 fully saturated rings. The van der Waals surface area contributed by atoms with Crippen LogP contribution >= 0.6 is 0 Å². The van der Waals surface area contributed by atoms with E-state index >= 15 is 0 Å². The number of fused-ring (bicyclic) bond motifs is 1. The monoisotopic (exact) mass is 465 g/mol. The third-order valence-corrected chi connectivity index (χ3v) is 6.23. The highest BCUT2D eigenvalue weighted by atomic mass is 19.4. The summed E-state index contributed by atoms with van der Waals surface area (Å²) in [5.41, 5.74) is 3.41. The van der Waals surface area contributed by atoms with Gasteiger partial charge in [0, 0.05) is 36.1 Å². The highest BCUT2D eigenvalue weighted by Gasteiger charge is 2.37. The van der Waals surface area contributed by atoms with Crippen molar-refractivity contribution in [2.24, 2.45) is 0 Å². The summed E-state index contributed by atoms with van der Waals surface area (Å²) >= 11 is 0. The van der Waals surface area contributed by atoms with Crippen molar-refractivity contribution in [3.8, 4) is 16.9 Å². The Morgan fingerprint density at radius 1 is 1.15 bits per heavy atom. The van der Waals surface area contributed by atoms with E-state index in [2.05, 4.69) is 4.74 Å². The van der Waals surface area contributed by atoms with Crippen molar-refractivity contribution in [2.75, 3.05) is 11.4 Å². The van der Waals surface area contributed by atoms with Gasteiger partial charge >= 0.3 is 6.36 Å². The number of rotatable bonds is 6. The van der Waals surface area contributed by atoms with Gasteiger partial charge in [0.2, 0.25) is 5.91 Å². The number of aryl methyl sites for hydroxylation is 1. The normalized spacial score (nSPS) is 16.7. The topological polar surface area (TPSA) is 70.0 Å². The molecular weight excluding hydrogens is 435 g/mol. The summed E-state index contributed by atoms with van der Waals surface area (Å²) < 4.78 is 43.8. The Morgan fingerprint density at radius 2 is 1.82 bits per heavy atom. The summed E-state index contributed by atoms with van der Waals surface area (Å²) in [7, 11) is 0. The van der Waals surface area contributed by atoms with Gasteiger partial charge in [-0.15, -0.1) is 13.2 Å². The number of anilines is 1. The standard InChI is InChI=1S/C25H30F3NO4/c1-6-29-20-12-17(15(3)9-19(20)24(4,5)13-22(29)30)18-11-16(14(2)10-23(31)32)7-8-21(18)33-25(26,27)28/h7-9,11-12,14,23,31-32H,6,10,13H2,1-5H3. The van der Waals surface area contributed by atoms with Gasteiger partial charge in [-0.2, -0.15) is 0 Å². The maximum atomic E-state index is 13.2. The number of carbonyl (C=O) groups excluding carboxylic acids is 1. The van der Waals surface area contributed by atoms with Gasteiger partial charge in [0.1, 0.15) is 5.75 Å². The molecule has 1 unspecified atom stereocenters. The van der Waals surface area contributed by atoms with Crippen molar-refractivity contribution in [1.82, 2.24) is 0 Å². The number of ether oxygens (including phenoxy) is 1. The SMILES string of the molecule is CCN1C(=O)CC(C)(C)c2cc(C)c(-c3cc(C(C)CC(O)O)ccc3OC(F)(F)F)cc21. The van der Waals surface area contributed by atoms with Crippen LogP contribution in [-0.4, -0.2) is 35.3 Å². The second-order valence-corrected chi connectivity index (χ2v) is 9.30. The number of amides is 1. The zero-order valence-electron chi connectivity index (χ0n) is 19.5. The lowest BCUT2D eigenvalue weighted by Crippen LogP contribution is -2.41. The van der Waals surface area contributed by atoms with E-state index in [4.69, 9.17) is 0 Å². The first kappa shape index (κ1) is 25.1. The van der Waals surface area contributed by atoms with Gasteiger partial charge in [0.05, 0.1) is 0 Å². The summed E-state index contributed by atoms with van der Waals surface area (Å²) in [6, 6.07) is 8.04. The molecule has 0 aromatic heterocycles. The number of carbonyl (C=O) groups is 1. The maximum Gasteiger partial charge on any atom is 0.573 e. The number of aliphatic hydroxyl groups is 2. The molecule has 8 heteroatoms. The molecule has 0 spiro atoms. The lowest BCUT2D eigenvalue weighted by atomic mass is 9.75. The van der Waals surface area contributed by atoms with Crippen molar-refractivity contribution >= 4 is 11.6 Å². The van der Waals surface area contributed by atoms with Crippen LogP contribution in [0.2, 0.25) is 0 Å². The Hall–Kier alpha value is -2.58. The Kier molecular flexibility index (Phi) is 6.82. The quantitative estimate of drug-likeness (QED) is 0.561. The maximum absolute atomic E-state index is 13.2. The third kappa shape index (κ3) is 5.33. The molecule has 1 aliphatic rings. The Morgan fingerprint density at radius 3 is 2.39 bits per heavy atom. The molecule has 2 N–H and O–H groups in total. The van der Waals surface area contributed by atoms with Gasteiger partial charge in [-0.1, -0.05) is 32.9 Å². The Labute approximate surface area is 191 Å². The number of hydrogen-bond donors (Lipinski definition) is 2. The molecule has 0 radical (unpaired) electrons. The van der Waals surface area contributed by atoms with Crippen molar-refractivity contribution in [2.45, 2.75) is 71.4 Å². The predicted octanol–water partition coefficient (Wildman–Crippen LogP) is 5.40. The number of aliphatic hydroxyl groups excluding tert-OH is 1. The van der Waals surface area contributed by atoms with E-state index in [0.717, 1.165) is 11.1 Å². The summed E-state index contributed by atoms with van der Waals surface area (Å²) in [5, 5.41) is 18.7. The Balaban J connectivity index is 2.23. The third-order valence-electron chi connectivity index (χ3n) is 6.23. The van der Waals surface area contributed by atoms with Gasteiger partial charge in [-0.3, -0.25) is 4.79 Å². The van der Waals surface area contributed by atoms with Crippen LogP contribution in [-0.2, 0) is 10.2 Å².